The maximum atomic E-state index is 11.5. The van der Waals surface area contributed by atoms with Crippen molar-refractivity contribution in [1.82, 2.24) is 5.32 Å². The highest BCUT2D eigenvalue weighted by Crippen LogP contribution is 2.05. The van der Waals surface area contributed by atoms with E-state index >= 15 is 0 Å². The maximum Gasteiger partial charge on any atom is 0.238 e. The first-order chi connectivity index (χ1) is 6.69. The third-order valence-corrected chi connectivity index (χ3v) is 1.98. The average Bonchev–Trinajstić information content (AvgIpc) is 2.22. The second kappa shape index (κ2) is 6.97. The molecular weight excluding hydrogens is 176 g/mol. The lowest BCUT2D eigenvalue weighted by Gasteiger charge is -2.13. The highest BCUT2D eigenvalue weighted by atomic mass is 16.1. The number of nitriles is 1. The number of terminal acetylenes is 1. The maximum absolute atomic E-state index is 11.5. The Balaban J connectivity index is 4.19. The van der Waals surface area contributed by atoms with Gasteiger partial charge in [-0.15, -0.1) is 6.42 Å². The van der Waals surface area contributed by atoms with Crippen molar-refractivity contribution in [3.63, 3.8) is 0 Å². The summed E-state index contributed by atoms with van der Waals surface area (Å²) in [6.45, 7) is 3.84. The van der Waals surface area contributed by atoms with E-state index in [0.717, 1.165) is 6.42 Å². The molecule has 76 valence electrons. The van der Waals surface area contributed by atoms with Gasteiger partial charge in [0.15, 0.2) is 0 Å². The fourth-order valence-corrected chi connectivity index (χ4v) is 1.08. The van der Waals surface area contributed by atoms with Gasteiger partial charge in [-0.3, -0.25) is 4.79 Å². The van der Waals surface area contributed by atoms with Crippen LogP contribution in [0.3, 0.4) is 0 Å². The standard InChI is InChI=1S/C11H16N2O/c1-4-7-9(8-12)11(14)13-10(5-2)6-3/h2,9-10H,4,6-7H2,1,3H3,(H,13,14). The Morgan fingerprint density at radius 2 is 2.21 bits per heavy atom. The third kappa shape index (κ3) is 3.96. The van der Waals surface area contributed by atoms with Crippen molar-refractivity contribution in [3.05, 3.63) is 0 Å². The molecule has 0 aliphatic carbocycles. The predicted molar refractivity (Wildman–Crippen MR) is 55.1 cm³/mol. The topological polar surface area (TPSA) is 52.9 Å². The van der Waals surface area contributed by atoms with Crippen LogP contribution in [-0.4, -0.2) is 11.9 Å². The fraction of sp³-hybridized carbons (Fsp3) is 0.636. The Labute approximate surface area is 85.5 Å². The summed E-state index contributed by atoms with van der Waals surface area (Å²) in [7, 11) is 0. The van der Waals surface area contributed by atoms with E-state index in [2.05, 4.69) is 11.2 Å². The van der Waals surface area contributed by atoms with Crippen LogP contribution in [-0.2, 0) is 4.79 Å². The summed E-state index contributed by atoms with van der Waals surface area (Å²) in [6.07, 6.45) is 7.29. The summed E-state index contributed by atoms with van der Waals surface area (Å²) < 4.78 is 0. The van der Waals surface area contributed by atoms with Crippen LogP contribution in [0, 0.1) is 29.6 Å². The molecule has 2 unspecified atom stereocenters. The molecule has 0 aromatic heterocycles. The smallest absolute Gasteiger partial charge is 0.238 e. The molecule has 0 aromatic rings. The molecule has 1 amide bonds. The Morgan fingerprint density at radius 3 is 2.57 bits per heavy atom. The van der Waals surface area contributed by atoms with Gasteiger partial charge in [-0.05, 0) is 12.8 Å². The minimum absolute atomic E-state index is 0.251. The zero-order chi connectivity index (χ0) is 11.0. The molecule has 0 rings (SSSR count). The number of amides is 1. The molecule has 3 heteroatoms. The zero-order valence-electron chi connectivity index (χ0n) is 8.71. The van der Waals surface area contributed by atoms with Gasteiger partial charge in [0.25, 0.3) is 0 Å². The summed E-state index contributed by atoms with van der Waals surface area (Å²) in [5.74, 6) is 1.64. The molecule has 0 spiro atoms. The van der Waals surface area contributed by atoms with Gasteiger partial charge in [0.05, 0.1) is 12.1 Å². The molecule has 0 aliphatic rings. The number of carbonyl (C=O) groups is 1. The zero-order valence-corrected chi connectivity index (χ0v) is 8.71. The lowest BCUT2D eigenvalue weighted by atomic mass is 10.0. The molecule has 0 aliphatic heterocycles. The molecule has 0 heterocycles. The monoisotopic (exact) mass is 192 g/mol. The van der Waals surface area contributed by atoms with Crippen LogP contribution < -0.4 is 5.32 Å². The van der Waals surface area contributed by atoms with Crippen molar-refractivity contribution < 1.29 is 4.79 Å². The van der Waals surface area contributed by atoms with Crippen molar-refractivity contribution in [2.24, 2.45) is 5.92 Å². The van der Waals surface area contributed by atoms with Crippen molar-refractivity contribution in [2.75, 3.05) is 0 Å². The molecule has 2 atom stereocenters. The van der Waals surface area contributed by atoms with E-state index in [9.17, 15) is 4.79 Å². The Bertz CT molecular complexity index is 259. The molecule has 0 bridgehead atoms. The van der Waals surface area contributed by atoms with Crippen LogP contribution in [0.25, 0.3) is 0 Å². The van der Waals surface area contributed by atoms with Crippen LogP contribution in [0.5, 0.6) is 0 Å². The van der Waals surface area contributed by atoms with Crippen molar-refractivity contribution in [1.29, 1.82) is 5.26 Å². The summed E-state index contributed by atoms with van der Waals surface area (Å²) >= 11 is 0. The second-order valence-corrected chi connectivity index (χ2v) is 3.11. The number of rotatable bonds is 5. The highest BCUT2D eigenvalue weighted by Gasteiger charge is 2.18. The number of carbonyl (C=O) groups excluding carboxylic acids is 1. The molecule has 3 nitrogen and oxygen atoms in total. The summed E-state index contributed by atoms with van der Waals surface area (Å²) in [5.41, 5.74) is 0. The lowest BCUT2D eigenvalue weighted by molar-refractivity contribution is -0.123. The summed E-state index contributed by atoms with van der Waals surface area (Å²) in [6, 6.07) is 1.72. The first-order valence-corrected chi connectivity index (χ1v) is 4.85. The van der Waals surface area contributed by atoms with Gasteiger partial charge in [-0.2, -0.15) is 5.26 Å². The molecular formula is C11H16N2O. The van der Waals surface area contributed by atoms with E-state index in [4.69, 9.17) is 11.7 Å². The quantitative estimate of drug-likeness (QED) is 0.670. The molecule has 0 saturated carbocycles. The SMILES string of the molecule is C#CC(CC)NC(=O)C(C#N)CCC. The van der Waals surface area contributed by atoms with Crippen LogP contribution >= 0.6 is 0 Å². The third-order valence-electron chi connectivity index (χ3n) is 1.98. The van der Waals surface area contributed by atoms with Gasteiger partial charge in [0.2, 0.25) is 5.91 Å². The number of nitrogens with zero attached hydrogens (tertiary/aromatic N) is 1. The van der Waals surface area contributed by atoms with Crippen molar-refractivity contribution >= 4 is 5.91 Å². The van der Waals surface area contributed by atoms with Gasteiger partial charge < -0.3 is 5.32 Å². The first kappa shape index (κ1) is 12.5. The molecule has 0 fully saturated rings. The number of hydrogen-bond acceptors (Lipinski definition) is 2. The molecule has 14 heavy (non-hydrogen) atoms. The minimum Gasteiger partial charge on any atom is -0.341 e. The van der Waals surface area contributed by atoms with Crippen LogP contribution in [0.4, 0.5) is 0 Å². The second-order valence-electron chi connectivity index (χ2n) is 3.11. The van der Waals surface area contributed by atoms with Gasteiger partial charge in [0, 0.05) is 0 Å². The number of nitrogens with one attached hydrogen (secondary N) is 1. The largest absolute Gasteiger partial charge is 0.341 e. The van der Waals surface area contributed by atoms with E-state index in [1.54, 1.807) is 0 Å². The van der Waals surface area contributed by atoms with Crippen LogP contribution in [0.15, 0.2) is 0 Å². The average molecular weight is 192 g/mol. The molecule has 0 aromatic carbocycles. The van der Waals surface area contributed by atoms with Crippen LogP contribution in [0.1, 0.15) is 33.1 Å². The predicted octanol–water partition coefficient (Wildman–Crippen LogP) is 1.45. The number of hydrogen-bond donors (Lipinski definition) is 1. The van der Waals surface area contributed by atoms with Crippen LogP contribution in [0.2, 0.25) is 0 Å². The van der Waals surface area contributed by atoms with Crippen molar-refractivity contribution in [3.8, 4) is 18.4 Å². The Hall–Kier alpha value is -1.48. The molecule has 0 saturated heterocycles. The van der Waals surface area contributed by atoms with E-state index < -0.39 is 5.92 Å². The van der Waals surface area contributed by atoms with E-state index in [-0.39, 0.29) is 11.9 Å². The first-order valence-electron chi connectivity index (χ1n) is 4.85. The molecule has 0 radical (unpaired) electrons. The lowest BCUT2D eigenvalue weighted by Crippen LogP contribution is -2.37. The van der Waals surface area contributed by atoms with E-state index in [1.165, 1.54) is 0 Å². The normalized spacial score (nSPS) is 13.4. The minimum atomic E-state index is -0.567. The van der Waals surface area contributed by atoms with E-state index in [0.29, 0.717) is 12.8 Å². The Morgan fingerprint density at radius 1 is 1.57 bits per heavy atom. The van der Waals surface area contributed by atoms with Gasteiger partial charge in [-0.25, -0.2) is 0 Å². The van der Waals surface area contributed by atoms with Gasteiger partial charge >= 0.3 is 0 Å². The van der Waals surface area contributed by atoms with Gasteiger partial charge in [-0.1, -0.05) is 26.2 Å². The summed E-state index contributed by atoms with van der Waals surface area (Å²) in [4.78, 5) is 11.5. The molecule has 1 N–H and O–H groups in total. The fourth-order valence-electron chi connectivity index (χ4n) is 1.08. The summed E-state index contributed by atoms with van der Waals surface area (Å²) in [5, 5.41) is 11.4. The van der Waals surface area contributed by atoms with Gasteiger partial charge in [0.1, 0.15) is 5.92 Å². The van der Waals surface area contributed by atoms with E-state index in [1.807, 2.05) is 19.9 Å². The highest BCUT2D eigenvalue weighted by molar-refractivity contribution is 5.81. The van der Waals surface area contributed by atoms with Crippen molar-refractivity contribution in [2.45, 2.75) is 39.2 Å². The Kier molecular flexibility index (Phi) is 6.24.